The lowest BCUT2D eigenvalue weighted by Crippen LogP contribution is -2.39. The van der Waals surface area contributed by atoms with E-state index < -0.39 is 29.3 Å². The van der Waals surface area contributed by atoms with E-state index in [0.717, 1.165) is 22.4 Å². The highest BCUT2D eigenvalue weighted by Gasteiger charge is 2.66. The molecule has 2 bridgehead atoms. The Labute approximate surface area is 273 Å². The van der Waals surface area contributed by atoms with Crippen LogP contribution in [-0.4, -0.2) is 50.9 Å². The van der Waals surface area contributed by atoms with Gasteiger partial charge in [-0.2, -0.15) is 0 Å². The molecule has 5 unspecified atom stereocenters. The second kappa shape index (κ2) is 12.5. The lowest BCUT2D eigenvalue weighted by molar-refractivity contribution is -0.148. The van der Waals surface area contributed by atoms with Crippen LogP contribution in [0.1, 0.15) is 42.3 Å². The lowest BCUT2D eigenvalue weighted by Gasteiger charge is -2.36. The Morgan fingerprint density at radius 3 is 2.17 bits per heavy atom. The summed E-state index contributed by atoms with van der Waals surface area (Å²) in [6.07, 6.45) is 6.30. The average molecular weight is 626 g/mol. The van der Waals surface area contributed by atoms with Gasteiger partial charge in [0.05, 0.1) is 29.8 Å². The van der Waals surface area contributed by atoms with Crippen molar-refractivity contribution in [2.24, 2.45) is 23.7 Å². The molecule has 0 spiro atoms. The fourth-order valence-electron chi connectivity index (χ4n) is 7.66. The fourth-order valence-corrected chi connectivity index (χ4v) is 7.66. The molecule has 2 aromatic heterocycles. The molecule has 47 heavy (non-hydrogen) atoms. The first kappa shape index (κ1) is 30.4. The van der Waals surface area contributed by atoms with Gasteiger partial charge in [-0.3, -0.25) is 29.3 Å². The Morgan fingerprint density at radius 2 is 1.51 bits per heavy atom. The number of carbonyl (C=O) groups is 3. The van der Waals surface area contributed by atoms with Gasteiger partial charge in [0.1, 0.15) is 6.61 Å². The number of pyridine rings is 2. The molecule has 2 amide bonds. The van der Waals surface area contributed by atoms with Crippen molar-refractivity contribution in [2.75, 3.05) is 13.2 Å². The van der Waals surface area contributed by atoms with Crippen LogP contribution < -0.4 is 0 Å². The van der Waals surface area contributed by atoms with Crippen molar-refractivity contribution < 1.29 is 24.2 Å². The normalized spacial score (nSPS) is 23.7. The monoisotopic (exact) mass is 625 g/mol. The Morgan fingerprint density at radius 1 is 0.851 bits per heavy atom. The van der Waals surface area contributed by atoms with Crippen LogP contribution in [0, 0.1) is 23.7 Å². The van der Waals surface area contributed by atoms with E-state index in [1.54, 1.807) is 24.5 Å². The molecule has 2 aromatic carbocycles. The van der Waals surface area contributed by atoms with Crippen molar-refractivity contribution in [3.8, 4) is 0 Å². The molecule has 2 fully saturated rings. The molecule has 236 valence electrons. The highest BCUT2D eigenvalue weighted by atomic mass is 16.5. The molecular formula is C39H35N3O5. The summed E-state index contributed by atoms with van der Waals surface area (Å²) in [6.45, 7) is 1.82. The second-order valence-electron chi connectivity index (χ2n) is 12.2. The van der Waals surface area contributed by atoms with Gasteiger partial charge in [-0.1, -0.05) is 85.8 Å². The molecule has 1 aliphatic heterocycles. The second-order valence-corrected chi connectivity index (χ2v) is 12.2. The SMILES string of the molecule is CCCC(=O)OCCN1C(=O)C2C3C=C(C(O)(c4ccccc4)c4ccccn4)C(C3=C(c3ccccc3)c3ccccn3)C2C1=O. The van der Waals surface area contributed by atoms with E-state index in [0.29, 0.717) is 23.3 Å². The lowest BCUT2D eigenvalue weighted by atomic mass is 9.71. The zero-order valence-corrected chi connectivity index (χ0v) is 26.0. The summed E-state index contributed by atoms with van der Waals surface area (Å²) < 4.78 is 5.33. The number of fused-ring (bicyclic) bond motifs is 5. The third-order valence-electron chi connectivity index (χ3n) is 9.57. The summed E-state index contributed by atoms with van der Waals surface area (Å²) in [5, 5.41) is 13.0. The minimum atomic E-state index is -1.68. The number of hydrogen-bond acceptors (Lipinski definition) is 7. The van der Waals surface area contributed by atoms with Crippen LogP contribution in [0.3, 0.4) is 0 Å². The number of ether oxygens (including phenoxy) is 1. The molecule has 8 heteroatoms. The molecule has 1 N–H and O–H groups in total. The molecule has 2 aliphatic carbocycles. The number of imide groups is 1. The maximum Gasteiger partial charge on any atom is 0.305 e. The van der Waals surface area contributed by atoms with Gasteiger partial charge in [-0.05, 0) is 53.0 Å². The van der Waals surface area contributed by atoms with Crippen LogP contribution in [0.2, 0.25) is 0 Å². The number of hydrogen-bond donors (Lipinski definition) is 1. The van der Waals surface area contributed by atoms with Gasteiger partial charge in [0.2, 0.25) is 11.8 Å². The molecule has 0 radical (unpaired) electrons. The largest absolute Gasteiger partial charge is 0.464 e. The number of benzene rings is 2. The number of likely N-dealkylation sites (tertiary alicyclic amines) is 1. The van der Waals surface area contributed by atoms with E-state index in [2.05, 4.69) is 4.98 Å². The molecule has 1 saturated heterocycles. The topological polar surface area (TPSA) is 110 Å². The van der Waals surface area contributed by atoms with Gasteiger partial charge in [0.15, 0.2) is 5.60 Å². The van der Waals surface area contributed by atoms with Gasteiger partial charge in [-0.15, -0.1) is 0 Å². The number of rotatable bonds is 10. The molecule has 4 aromatic rings. The fraction of sp³-hybridized carbons (Fsp3) is 0.256. The quantitative estimate of drug-likeness (QED) is 0.144. The van der Waals surface area contributed by atoms with Crippen LogP contribution in [0.5, 0.6) is 0 Å². The van der Waals surface area contributed by atoms with Crippen LogP contribution in [0.4, 0.5) is 0 Å². The number of esters is 1. The molecule has 1 saturated carbocycles. The van der Waals surface area contributed by atoms with Crippen molar-refractivity contribution >= 4 is 23.4 Å². The van der Waals surface area contributed by atoms with Crippen molar-refractivity contribution in [2.45, 2.75) is 25.4 Å². The van der Waals surface area contributed by atoms with Crippen LogP contribution in [0.15, 0.2) is 127 Å². The standard InChI is InChI=1S/C39H35N3O5/c1-2-13-31(43)47-23-22-42-37(44)34-27-24-28(39(46,26-16-7-4-8-17-26)30-19-10-12-21-41-30)35(36(34)38(42)45)33(27)32(25-14-5-3-6-15-25)29-18-9-11-20-40-29/h3-12,14-21,24,27,34-36,46H,2,13,22-23H2,1H3. The van der Waals surface area contributed by atoms with Crippen LogP contribution in [-0.2, 0) is 24.7 Å². The molecule has 8 nitrogen and oxygen atoms in total. The zero-order valence-electron chi connectivity index (χ0n) is 26.0. The zero-order chi connectivity index (χ0) is 32.5. The molecule has 3 aliphatic rings. The summed E-state index contributed by atoms with van der Waals surface area (Å²) in [5.74, 6) is -3.50. The van der Waals surface area contributed by atoms with E-state index in [1.807, 2.05) is 97.9 Å². The summed E-state index contributed by atoms with van der Waals surface area (Å²) in [5.41, 5.74) is 3.34. The molecule has 3 heterocycles. The third-order valence-corrected chi connectivity index (χ3v) is 9.57. The van der Waals surface area contributed by atoms with Crippen molar-refractivity contribution in [3.05, 3.63) is 149 Å². The summed E-state index contributed by atoms with van der Waals surface area (Å²) >= 11 is 0. The van der Waals surface area contributed by atoms with Crippen molar-refractivity contribution in [1.29, 1.82) is 0 Å². The van der Waals surface area contributed by atoms with Crippen molar-refractivity contribution in [3.63, 3.8) is 0 Å². The van der Waals surface area contributed by atoms with Crippen molar-refractivity contribution in [1.82, 2.24) is 14.9 Å². The van der Waals surface area contributed by atoms with Crippen LogP contribution in [0.25, 0.3) is 5.57 Å². The molecule has 5 atom stereocenters. The van der Waals surface area contributed by atoms with E-state index in [4.69, 9.17) is 9.72 Å². The van der Waals surface area contributed by atoms with E-state index in [-0.39, 0.29) is 37.4 Å². The van der Waals surface area contributed by atoms with Gasteiger partial charge >= 0.3 is 5.97 Å². The Bertz CT molecular complexity index is 1780. The minimum Gasteiger partial charge on any atom is -0.464 e. The number of allylic oxidation sites excluding steroid dienone is 2. The van der Waals surface area contributed by atoms with Gasteiger partial charge in [0, 0.05) is 36.2 Å². The number of amides is 2. The summed E-state index contributed by atoms with van der Waals surface area (Å²) in [6, 6.07) is 30.3. The van der Waals surface area contributed by atoms with Gasteiger partial charge in [-0.25, -0.2) is 0 Å². The number of aromatic nitrogens is 2. The van der Waals surface area contributed by atoms with Crippen LogP contribution >= 0.6 is 0 Å². The molecular weight excluding hydrogens is 590 g/mol. The highest BCUT2D eigenvalue weighted by molar-refractivity contribution is 6.08. The third kappa shape index (κ3) is 5.09. The first-order chi connectivity index (χ1) is 22.9. The first-order valence-electron chi connectivity index (χ1n) is 16.1. The smallest absolute Gasteiger partial charge is 0.305 e. The van der Waals surface area contributed by atoms with Gasteiger partial charge < -0.3 is 9.84 Å². The minimum absolute atomic E-state index is 0.0110. The predicted molar refractivity (Wildman–Crippen MR) is 175 cm³/mol. The van der Waals surface area contributed by atoms with Gasteiger partial charge in [0.25, 0.3) is 0 Å². The Kier molecular flexibility index (Phi) is 8.12. The summed E-state index contributed by atoms with van der Waals surface area (Å²) in [7, 11) is 0. The Hall–Kier alpha value is -5.21. The average Bonchev–Trinajstić information content (AvgIpc) is 3.73. The highest BCUT2D eigenvalue weighted by Crippen LogP contribution is 2.64. The maximum absolute atomic E-state index is 14.4. The summed E-state index contributed by atoms with van der Waals surface area (Å²) in [4.78, 5) is 51.2. The predicted octanol–water partition coefficient (Wildman–Crippen LogP) is 5.35. The number of aliphatic hydroxyl groups is 1. The van der Waals surface area contributed by atoms with E-state index in [9.17, 15) is 19.5 Å². The Balaban J connectivity index is 1.41. The van der Waals surface area contributed by atoms with E-state index in [1.165, 1.54) is 4.90 Å². The number of nitrogens with zero attached hydrogens (tertiary/aromatic N) is 3. The van der Waals surface area contributed by atoms with E-state index >= 15 is 0 Å². The molecule has 7 rings (SSSR count). The maximum atomic E-state index is 14.4. The first-order valence-corrected chi connectivity index (χ1v) is 16.1. The number of carbonyl (C=O) groups excluding carboxylic acids is 3.